The summed E-state index contributed by atoms with van der Waals surface area (Å²) in [6.07, 6.45) is 0.638. The lowest BCUT2D eigenvalue weighted by molar-refractivity contribution is -0.137. The standard InChI is InChI=1S/C28H32BrF3N4O4/c1-15-10-16(28(30,31)32)11-23(39-14-38-5)24(15)20-12-18-19(29)13-35(25(18)34-33-20)21-8-6-17-7-9-22(21)36(17)26(37)40-27(2,3)4/h10-13,17,21-22H,6-9,14H2,1-5H3/t17-,21-,22-/m0/s1. The molecule has 0 radical (unpaired) electrons. The molecule has 2 aromatic heterocycles. The van der Waals surface area contributed by atoms with Crippen molar-refractivity contribution >= 4 is 33.1 Å². The first kappa shape index (κ1) is 28.7. The highest BCUT2D eigenvalue weighted by atomic mass is 79.9. The second-order valence-corrected chi connectivity index (χ2v) is 12.3. The van der Waals surface area contributed by atoms with Crippen LogP contribution in [0.2, 0.25) is 0 Å². The maximum Gasteiger partial charge on any atom is 0.416 e. The SMILES string of the molecule is COCOc1cc(C(F)(F)F)cc(C)c1-c1cc2c(Br)cn([C@H]3CC[C@H]4CC[C@@H]3N4C(=O)OC(C)(C)C)c2nn1. The Bertz CT molecular complexity index is 1440. The Labute approximate surface area is 238 Å². The predicted molar refractivity (Wildman–Crippen MR) is 146 cm³/mol. The van der Waals surface area contributed by atoms with Gasteiger partial charge in [-0.3, -0.25) is 0 Å². The van der Waals surface area contributed by atoms with Crippen molar-refractivity contribution in [2.75, 3.05) is 13.9 Å². The summed E-state index contributed by atoms with van der Waals surface area (Å²) in [5.41, 5.74) is 0.357. The number of aromatic nitrogens is 3. The molecule has 1 aromatic carbocycles. The monoisotopic (exact) mass is 624 g/mol. The number of carbonyl (C=O) groups excluding carboxylic acids is 1. The molecule has 8 nitrogen and oxygen atoms in total. The minimum Gasteiger partial charge on any atom is -0.467 e. The van der Waals surface area contributed by atoms with Crippen LogP contribution in [-0.4, -0.2) is 57.3 Å². The van der Waals surface area contributed by atoms with Gasteiger partial charge in [-0.2, -0.15) is 13.2 Å². The lowest BCUT2D eigenvalue weighted by Crippen LogP contribution is -2.50. The van der Waals surface area contributed by atoms with Gasteiger partial charge in [0.05, 0.1) is 23.3 Å². The van der Waals surface area contributed by atoms with Crippen LogP contribution in [0.3, 0.4) is 0 Å². The van der Waals surface area contributed by atoms with Gasteiger partial charge in [-0.25, -0.2) is 4.79 Å². The van der Waals surface area contributed by atoms with E-state index in [-0.39, 0.29) is 36.8 Å². The van der Waals surface area contributed by atoms with Crippen LogP contribution in [0.5, 0.6) is 5.75 Å². The third-order valence-electron chi connectivity index (χ3n) is 7.49. The van der Waals surface area contributed by atoms with E-state index >= 15 is 0 Å². The van der Waals surface area contributed by atoms with E-state index in [0.717, 1.165) is 47.7 Å². The van der Waals surface area contributed by atoms with E-state index in [1.165, 1.54) is 7.11 Å². The van der Waals surface area contributed by atoms with Crippen molar-refractivity contribution in [2.45, 2.75) is 83.3 Å². The van der Waals surface area contributed by atoms with E-state index in [9.17, 15) is 18.0 Å². The number of piperidine rings is 1. The number of alkyl halides is 3. The maximum absolute atomic E-state index is 13.5. The van der Waals surface area contributed by atoms with Crippen LogP contribution in [0, 0.1) is 6.92 Å². The van der Waals surface area contributed by atoms with E-state index in [2.05, 4.69) is 30.7 Å². The molecule has 1 amide bonds. The fourth-order valence-corrected chi connectivity index (χ4v) is 6.43. The third kappa shape index (κ3) is 5.39. The Balaban J connectivity index is 1.53. The van der Waals surface area contributed by atoms with Crippen LogP contribution in [0.4, 0.5) is 18.0 Å². The molecule has 0 aliphatic carbocycles. The quantitative estimate of drug-likeness (QED) is 0.278. The van der Waals surface area contributed by atoms with Crippen molar-refractivity contribution in [3.63, 3.8) is 0 Å². The largest absolute Gasteiger partial charge is 0.467 e. The van der Waals surface area contributed by atoms with Gasteiger partial charge in [0.15, 0.2) is 12.4 Å². The lowest BCUT2D eigenvalue weighted by atomic mass is 9.97. The number of hydrogen-bond donors (Lipinski definition) is 0. The molecule has 3 aromatic rings. The first-order valence-corrected chi connectivity index (χ1v) is 14.0. The van der Waals surface area contributed by atoms with Gasteiger partial charge >= 0.3 is 12.3 Å². The molecule has 0 unspecified atom stereocenters. The molecule has 0 spiro atoms. The van der Waals surface area contributed by atoms with Crippen LogP contribution in [0.1, 0.15) is 63.6 Å². The van der Waals surface area contributed by atoms with E-state index < -0.39 is 17.3 Å². The molecule has 2 aliphatic rings. The van der Waals surface area contributed by atoms with Gasteiger partial charge in [0.2, 0.25) is 0 Å². The Hall–Kier alpha value is -2.86. The molecule has 3 atom stereocenters. The summed E-state index contributed by atoms with van der Waals surface area (Å²) in [5, 5.41) is 9.73. The number of carbonyl (C=O) groups is 1. The molecule has 0 N–H and O–H groups in total. The summed E-state index contributed by atoms with van der Waals surface area (Å²) >= 11 is 3.65. The Kier molecular flexibility index (Phi) is 7.54. The van der Waals surface area contributed by atoms with E-state index in [1.54, 1.807) is 13.0 Å². The Morgan fingerprint density at radius 3 is 2.42 bits per heavy atom. The van der Waals surface area contributed by atoms with Gasteiger partial charge in [-0.05, 0) is 93.1 Å². The molecule has 12 heteroatoms. The minimum absolute atomic E-state index is 0.00987. The molecular formula is C28H32BrF3N4O4. The zero-order chi connectivity index (χ0) is 29.0. The van der Waals surface area contributed by atoms with E-state index in [0.29, 0.717) is 22.5 Å². The molecule has 2 bridgehead atoms. The minimum atomic E-state index is -4.53. The molecule has 40 heavy (non-hydrogen) atoms. The first-order chi connectivity index (χ1) is 18.8. The highest BCUT2D eigenvalue weighted by Crippen LogP contribution is 2.45. The van der Waals surface area contributed by atoms with E-state index in [1.807, 2.05) is 31.9 Å². The number of methoxy groups -OCH3 is 1. The number of halogens is 4. The molecule has 2 fully saturated rings. The number of rotatable bonds is 5. The fourth-order valence-electron chi connectivity index (χ4n) is 5.91. The normalized spacial score (nSPS) is 21.2. The number of nitrogens with zero attached hydrogens (tertiary/aromatic N) is 4. The zero-order valence-electron chi connectivity index (χ0n) is 23.0. The smallest absolute Gasteiger partial charge is 0.416 e. The summed E-state index contributed by atoms with van der Waals surface area (Å²) in [5.74, 6) is 0.00987. The molecule has 216 valence electrons. The number of fused-ring (bicyclic) bond motifs is 3. The molecule has 2 saturated heterocycles. The molecule has 0 saturated carbocycles. The topological polar surface area (TPSA) is 78.7 Å². The average Bonchev–Trinajstić information content (AvgIpc) is 3.35. The second kappa shape index (κ2) is 10.5. The summed E-state index contributed by atoms with van der Waals surface area (Å²) < 4.78 is 59.6. The Morgan fingerprint density at radius 2 is 1.77 bits per heavy atom. The number of amides is 1. The number of benzene rings is 1. The maximum atomic E-state index is 13.5. The lowest BCUT2D eigenvalue weighted by Gasteiger charge is -2.41. The summed E-state index contributed by atoms with van der Waals surface area (Å²) in [7, 11) is 1.40. The summed E-state index contributed by atoms with van der Waals surface area (Å²) in [4.78, 5) is 15.0. The van der Waals surface area contributed by atoms with Crippen LogP contribution in [-0.2, 0) is 15.7 Å². The third-order valence-corrected chi connectivity index (χ3v) is 8.12. The highest BCUT2D eigenvalue weighted by Gasteiger charge is 2.47. The van der Waals surface area contributed by atoms with Gasteiger partial charge in [0.25, 0.3) is 0 Å². The predicted octanol–water partition coefficient (Wildman–Crippen LogP) is 7.27. The molecule has 2 aliphatic heterocycles. The Morgan fingerprint density at radius 1 is 1.07 bits per heavy atom. The van der Waals surface area contributed by atoms with Gasteiger partial charge in [-0.1, -0.05) is 0 Å². The van der Waals surface area contributed by atoms with Gasteiger partial charge < -0.3 is 23.7 Å². The van der Waals surface area contributed by atoms with Crippen LogP contribution < -0.4 is 4.74 Å². The number of aryl methyl sites for hydroxylation is 1. The van der Waals surface area contributed by atoms with E-state index in [4.69, 9.17) is 14.2 Å². The van der Waals surface area contributed by atoms with Gasteiger partial charge in [0, 0.05) is 34.8 Å². The molecular weight excluding hydrogens is 593 g/mol. The fraction of sp³-hybridized carbons (Fsp3) is 0.536. The highest BCUT2D eigenvalue weighted by molar-refractivity contribution is 9.10. The van der Waals surface area contributed by atoms with Crippen molar-refractivity contribution in [2.24, 2.45) is 0 Å². The number of ether oxygens (including phenoxy) is 3. The first-order valence-electron chi connectivity index (χ1n) is 13.2. The van der Waals surface area contributed by atoms with Crippen LogP contribution in [0.15, 0.2) is 28.9 Å². The second-order valence-electron chi connectivity index (χ2n) is 11.4. The van der Waals surface area contributed by atoms with Gasteiger partial charge in [0.1, 0.15) is 11.4 Å². The van der Waals surface area contributed by atoms with Crippen molar-refractivity contribution < 1.29 is 32.2 Å². The molecule has 5 rings (SSSR count). The summed E-state index contributed by atoms with van der Waals surface area (Å²) in [6.45, 7) is 6.95. The number of hydrogen-bond acceptors (Lipinski definition) is 6. The van der Waals surface area contributed by atoms with Crippen molar-refractivity contribution in [1.29, 1.82) is 0 Å². The van der Waals surface area contributed by atoms with Crippen molar-refractivity contribution in [3.05, 3.63) is 40.0 Å². The van der Waals surface area contributed by atoms with Crippen LogP contribution in [0.25, 0.3) is 22.3 Å². The van der Waals surface area contributed by atoms with Crippen molar-refractivity contribution in [3.8, 4) is 17.0 Å². The summed E-state index contributed by atoms with van der Waals surface area (Å²) in [6, 6.07) is 3.93. The zero-order valence-corrected chi connectivity index (χ0v) is 24.6. The van der Waals surface area contributed by atoms with Crippen LogP contribution >= 0.6 is 15.9 Å². The van der Waals surface area contributed by atoms with Gasteiger partial charge in [-0.15, -0.1) is 10.2 Å². The van der Waals surface area contributed by atoms with Crippen molar-refractivity contribution in [1.82, 2.24) is 19.7 Å². The molecule has 4 heterocycles. The average molecular weight is 625 g/mol.